The number of nitrogens with one attached hydrogen (secondary N) is 1. The van der Waals surface area contributed by atoms with Gasteiger partial charge in [0.15, 0.2) is 6.61 Å². The van der Waals surface area contributed by atoms with Crippen LogP contribution in [0.15, 0.2) is 42.5 Å². The van der Waals surface area contributed by atoms with Gasteiger partial charge in [0, 0.05) is 29.2 Å². The second kappa shape index (κ2) is 11.0. The van der Waals surface area contributed by atoms with Gasteiger partial charge >= 0.3 is 5.69 Å². The van der Waals surface area contributed by atoms with Crippen LogP contribution >= 0.6 is 11.6 Å². The minimum atomic E-state index is -0.803. The summed E-state index contributed by atoms with van der Waals surface area (Å²) >= 11 is 6.27. The molecular formula is C23H28ClN3O6. The molecule has 2 aromatic carbocycles. The highest BCUT2D eigenvalue weighted by atomic mass is 35.5. The second-order valence-electron chi connectivity index (χ2n) is 8.41. The summed E-state index contributed by atoms with van der Waals surface area (Å²) in [6.07, 6.45) is 0. The van der Waals surface area contributed by atoms with E-state index in [9.17, 15) is 19.7 Å². The van der Waals surface area contributed by atoms with Crippen molar-refractivity contribution in [2.75, 3.05) is 13.7 Å². The standard InChI is InChI=1S/C23H28ClN3O6/c1-15(22(29)25-23(2,3)4)26(13-16-8-6-7-9-18(16)24)21(28)14-33-17-10-11-19(27(30)31)20(12-17)32-5/h6-12,15H,13-14H2,1-5H3,(H,25,29)/t15-/m0/s1. The van der Waals surface area contributed by atoms with Crippen molar-refractivity contribution in [3.63, 3.8) is 0 Å². The number of halogens is 1. The molecule has 2 rings (SSSR count). The number of rotatable bonds is 9. The molecule has 0 aromatic heterocycles. The first kappa shape index (κ1) is 25.9. The van der Waals surface area contributed by atoms with Crippen LogP contribution in [0.5, 0.6) is 11.5 Å². The third kappa shape index (κ3) is 7.35. The van der Waals surface area contributed by atoms with Crippen molar-refractivity contribution in [1.29, 1.82) is 0 Å². The van der Waals surface area contributed by atoms with Crippen LogP contribution < -0.4 is 14.8 Å². The number of methoxy groups -OCH3 is 1. The summed E-state index contributed by atoms with van der Waals surface area (Å²) < 4.78 is 10.6. The maximum Gasteiger partial charge on any atom is 0.311 e. The smallest absolute Gasteiger partial charge is 0.311 e. The van der Waals surface area contributed by atoms with E-state index in [1.54, 1.807) is 31.2 Å². The van der Waals surface area contributed by atoms with Crippen LogP contribution in [0.1, 0.15) is 33.3 Å². The average Bonchev–Trinajstić information content (AvgIpc) is 2.74. The summed E-state index contributed by atoms with van der Waals surface area (Å²) in [4.78, 5) is 37.8. The van der Waals surface area contributed by atoms with E-state index in [1.807, 2.05) is 20.8 Å². The van der Waals surface area contributed by atoms with E-state index in [-0.39, 0.29) is 29.6 Å². The molecule has 9 nitrogen and oxygen atoms in total. The summed E-state index contributed by atoms with van der Waals surface area (Å²) in [6.45, 7) is 6.89. The molecule has 33 heavy (non-hydrogen) atoms. The van der Waals surface area contributed by atoms with Gasteiger partial charge in [-0.1, -0.05) is 29.8 Å². The third-order valence-corrected chi connectivity index (χ3v) is 5.04. The molecule has 0 aliphatic rings. The summed E-state index contributed by atoms with van der Waals surface area (Å²) in [7, 11) is 1.30. The van der Waals surface area contributed by atoms with Gasteiger partial charge < -0.3 is 19.7 Å². The molecule has 178 valence electrons. The quantitative estimate of drug-likeness (QED) is 0.432. The van der Waals surface area contributed by atoms with Gasteiger partial charge in [-0.15, -0.1) is 0 Å². The summed E-state index contributed by atoms with van der Waals surface area (Å²) in [6, 6.07) is 10.2. The van der Waals surface area contributed by atoms with Gasteiger partial charge in [0.2, 0.25) is 11.7 Å². The van der Waals surface area contributed by atoms with Gasteiger partial charge in [0.05, 0.1) is 12.0 Å². The van der Waals surface area contributed by atoms with Crippen LogP contribution in [0, 0.1) is 10.1 Å². The van der Waals surface area contributed by atoms with Crippen LogP contribution in [-0.2, 0) is 16.1 Å². The van der Waals surface area contributed by atoms with Crippen LogP contribution in [-0.4, -0.2) is 46.9 Å². The SMILES string of the molecule is COc1cc(OCC(=O)N(Cc2ccccc2Cl)[C@@H](C)C(=O)NC(C)(C)C)ccc1[N+](=O)[O-]. The Kier molecular flexibility index (Phi) is 8.64. The highest BCUT2D eigenvalue weighted by Crippen LogP contribution is 2.30. The third-order valence-electron chi connectivity index (χ3n) is 4.67. The summed E-state index contributed by atoms with van der Waals surface area (Å²) in [5.41, 5.74) is -0.0140. The number of carbonyl (C=O) groups is 2. The molecule has 0 unspecified atom stereocenters. The number of amides is 2. The van der Waals surface area contributed by atoms with Gasteiger partial charge in [-0.05, 0) is 45.4 Å². The Morgan fingerprint density at radius 1 is 1.21 bits per heavy atom. The van der Waals surface area contributed by atoms with Crippen molar-refractivity contribution in [2.24, 2.45) is 0 Å². The highest BCUT2D eigenvalue weighted by molar-refractivity contribution is 6.31. The van der Waals surface area contributed by atoms with Crippen LogP contribution in [0.3, 0.4) is 0 Å². The Balaban J connectivity index is 2.23. The summed E-state index contributed by atoms with van der Waals surface area (Å²) in [5, 5.41) is 14.4. The Hall–Kier alpha value is -3.33. The van der Waals surface area contributed by atoms with Crippen LogP contribution in [0.25, 0.3) is 0 Å². The van der Waals surface area contributed by atoms with Crippen LogP contribution in [0.4, 0.5) is 5.69 Å². The fourth-order valence-electron chi connectivity index (χ4n) is 2.99. The number of hydrogen-bond acceptors (Lipinski definition) is 6. The van der Waals surface area contributed by atoms with Crippen molar-refractivity contribution in [3.8, 4) is 11.5 Å². The minimum Gasteiger partial charge on any atom is -0.490 e. The Morgan fingerprint density at radius 3 is 2.45 bits per heavy atom. The molecule has 0 saturated carbocycles. The molecule has 2 amide bonds. The zero-order valence-corrected chi connectivity index (χ0v) is 20.0. The van der Waals surface area contributed by atoms with Crippen molar-refractivity contribution in [1.82, 2.24) is 10.2 Å². The van der Waals surface area contributed by atoms with E-state index in [1.165, 1.54) is 30.2 Å². The Labute approximate surface area is 197 Å². The number of carbonyl (C=O) groups excluding carboxylic acids is 2. The average molecular weight is 478 g/mol. The lowest BCUT2D eigenvalue weighted by Gasteiger charge is -2.31. The van der Waals surface area contributed by atoms with Gasteiger partial charge in [-0.25, -0.2) is 0 Å². The minimum absolute atomic E-state index is 0.01000. The molecule has 10 heteroatoms. The maximum absolute atomic E-state index is 13.1. The van der Waals surface area contributed by atoms with Crippen molar-refractivity contribution >= 4 is 29.1 Å². The molecule has 0 spiro atoms. The molecule has 2 aromatic rings. The largest absolute Gasteiger partial charge is 0.490 e. The molecule has 1 N–H and O–H groups in total. The maximum atomic E-state index is 13.1. The first-order valence-electron chi connectivity index (χ1n) is 10.2. The van der Waals surface area contributed by atoms with Crippen molar-refractivity contribution in [3.05, 3.63) is 63.2 Å². The predicted octanol–water partition coefficient (Wildman–Crippen LogP) is 3.97. The first-order chi connectivity index (χ1) is 15.4. The number of benzene rings is 2. The molecule has 0 saturated heterocycles. The highest BCUT2D eigenvalue weighted by Gasteiger charge is 2.29. The topological polar surface area (TPSA) is 111 Å². The van der Waals surface area contributed by atoms with Gasteiger partial charge in [0.25, 0.3) is 5.91 Å². The fourth-order valence-corrected chi connectivity index (χ4v) is 3.19. The lowest BCUT2D eigenvalue weighted by atomic mass is 10.1. The van der Waals surface area contributed by atoms with E-state index in [0.717, 1.165) is 0 Å². The van der Waals surface area contributed by atoms with E-state index < -0.39 is 29.0 Å². The molecule has 0 fully saturated rings. The van der Waals surface area contributed by atoms with E-state index in [0.29, 0.717) is 10.6 Å². The Bertz CT molecular complexity index is 1020. The van der Waals surface area contributed by atoms with E-state index in [2.05, 4.69) is 5.32 Å². The van der Waals surface area contributed by atoms with Crippen molar-refractivity contribution in [2.45, 2.75) is 45.8 Å². The molecule has 0 aliphatic heterocycles. The second-order valence-corrected chi connectivity index (χ2v) is 8.81. The predicted molar refractivity (Wildman–Crippen MR) is 125 cm³/mol. The molecule has 0 heterocycles. The Morgan fingerprint density at radius 2 is 1.88 bits per heavy atom. The normalized spacial score (nSPS) is 11.9. The molecule has 1 atom stereocenters. The number of nitrogens with zero attached hydrogens (tertiary/aromatic N) is 2. The molecule has 0 aliphatic carbocycles. The van der Waals surface area contributed by atoms with Crippen molar-refractivity contribution < 1.29 is 24.0 Å². The van der Waals surface area contributed by atoms with Crippen LogP contribution in [0.2, 0.25) is 5.02 Å². The molecular weight excluding hydrogens is 450 g/mol. The van der Waals surface area contributed by atoms with Gasteiger partial charge in [-0.3, -0.25) is 19.7 Å². The number of hydrogen-bond donors (Lipinski definition) is 1. The van der Waals surface area contributed by atoms with Gasteiger partial charge in [0.1, 0.15) is 11.8 Å². The molecule has 0 radical (unpaired) electrons. The fraction of sp³-hybridized carbons (Fsp3) is 0.391. The monoisotopic (exact) mass is 477 g/mol. The van der Waals surface area contributed by atoms with E-state index >= 15 is 0 Å². The number of nitro groups is 1. The number of ether oxygens (including phenoxy) is 2. The summed E-state index contributed by atoms with van der Waals surface area (Å²) in [5.74, 6) is -0.546. The van der Waals surface area contributed by atoms with E-state index in [4.69, 9.17) is 21.1 Å². The molecule has 0 bridgehead atoms. The zero-order valence-electron chi connectivity index (χ0n) is 19.3. The zero-order chi connectivity index (χ0) is 24.8. The lowest BCUT2D eigenvalue weighted by Crippen LogP contribution is -2.53. The van der Waals surface area contributed by atoms with Gasteiger partial charge in [-0.2, -0.15) is 0 Å². The first-order valence-corrected chi connectivity index (χ1v) is 10.6. The lowest BCUT2D eigenvalue weighted by molar-refractivity contribution is -0.385. The number of nitro benzene ring substituents is 1.